The molecule has 0 spiro atoms. The lowest BCUT2D eigenvalue weighted by atomic mass is 9.83. The lowest BCUT2D eigenvalue weighted by Crippen LogP contribution is -2.49. The minimum atomic E-state index is 0.0383. The van der Waals surface area contributed by atoms with Gasteiger partial charge in [-0.25, -0.2) is 0 Å². The molecule has 0 radical (unpaired) electrons. The van der Waals surface area contributed by atoms with Crippen molar-refractivity contribution in [2.45, 2.75) is 51.0 Å². The van der Waals surface area contributed by atoms with E-state index in [1.165, 1.54) is 32.1 Å². The highest BCUT2D eigenvalue weighted by atomic mass is 16.5. The minimum absolute atomic E-state index is 0.0383. The first-order valence-corrected chi connectivity index (χ1v) is 7.39. The quantitative estimate of drug-likeness (QED) is 0.798. The summed E-state index contributed by atoms with van der Waals surface area (Å²) in [6.45, 7) is 1.94. The van der Waals surface area contributed by atoms with Gasteiger partial charge in [0.2, 0.25) is 5.91 Å². The van der Waals surface area contributed by atoms with Gasteiger partial charge in [0.25, 0.3) is 0 Å². The van der Waals surface area contributed by atoms with Crippen molar-refractivity contribution in [3.63, 3.8) is 0 Å². The van der Waals surface area contributed by atoms with Crippen LogP contribution in [-0.4, -0.2) is 31.7 Å². The van der Waals surface area contributed by atoms with Gasteiger partial charge in [0.1, 0.15) is 0 Å². The Morgan fingerprint density at radius 3 is 2.61 bits per heavy atom. The molecule has 0 aromatic heterocycles. The van der Waals surface area contributed by atoms with Gasteiger partial charge >= 0.3 is 0 Å². The molecule has 1 aliphatic carbocycles. The molecule has 2 unspecified atom stereocenters. The number of amides is 1. The number of hydrogen-bond acceptors (Lipinski definition) is 3. The lowest BCUT2D eigenvalue weighted by molar-refractivity contribution is -0.130. The summed E-state index contributed by atoms with van der Waals surface area (Å²) in [7, 11) is 0. The minimum Gasteiger partial charge on any atom is -0.381 e. The van der Waals surface area contributed by atoms with Crippen LogP contribution in [0.3, 0.4) is 0 Å². The normalized spacial score (nSPS) is 27.7. The van der Waals surface area contributed by atoms with Gasteiger partial charge in [-0.1, -0.05) is 19.3 Å². The van der Waals surface area contributed by atoms with Crippen LogP contribution in [0, 0.1) is 11.8 Å². The van der Waals surface area contributed by atoms with Crippen LogP contribution in [-0.2, 0) is 9.53 Å². The third-order valence-electron chi connectivity index (χ3n) is 4.33. The molecule has 2 rings (SSSR count). The summed E-state index contributed by atoms with van der Waals surface area (Å²) in [6, 6.07) is 0.166. The average Bonchev–Trinajstić information content (AvgIpc) is 2.46. The van der Waals surface area contributed by atoms with Gasteiger partial charge in [-0.05, 0) is 31.6 Å². The van der Waals surface area contributed by atoms with Crippen LogP contribution in [0.5, 0.6) is 0 Å². The van der Waals surface area contributed by atoms with Gasteiger partial charge < -0.3 is 15.8 Å². The molecule has 1 saturated carbocycles. The van der Waals surface area contributed by atoms with E-state index in [9.17, 15) is 4.79 Å². The Kier molecular flexibility index (Phi) is 5.45. The topological polar surface area (TPSA) is 64.3 Å². The van der Waals surface area contributed by atoms with E-state index in [2.05, 4.69) is 5.32 Å². The number of nitrogens with one attached hydrogen (secondary N) is 1. The Bertz CT molecular complexity index is 259. The van der Waals surface area contributed by atoms with Crippen molar-refractivity contribution >= 4 is 5.91 Å². The third-order valence-corrected chi connectivity index (χ3v) is 4.33. The van der Waals surface area contributed by atoms with Crippen LogP contribution in [0.1, 0.15) is 44.9 Å². The van der Waals surface area contributed by atoms with Crippen molar-refractivity contribution in [2.75, 3.05) is 19.8 Å². The van der Waals surface area contributed by atoms with Crippen LogP contribution in [0.25, 0.3) is 0 Å². The fourth-order valence-electron chi connectivity index (χ4n) is 3.15. The number of carbonyl (C=O) groups excluding carboxylic acids is 1. The summed E-state index contributed by atoms with van der Waals surface area (Å²) >= 11 is 0. The van der Waals surface area contributed by atoms with Crippen molar-refractivity contribution in [2.24, 2.45) is 17.6 Å². The van der Waals surface area contributed by atoms with Crippen LogP contribution < -0.4 is 11.1 Å². The summed E-state index contributed by atoms with van der Waals surface area (Å²) in [4.78, 5) is 12.2. The van der Waals surface area contributed by atoms with E-state index in [0.29, 0.717) is 19.1 Å². The van der Waals surface area contributed by atoms with Crippen LogP contribution >= 0.6 is 0 Å². The van der Waals surface area contributed by atoms with Gasteiger partial charge in [0.15, 0.2) is 0 Å². The fraction of sp³-hybridized carbons (Fsp3) is 0.929. The van der Waals surface area contributed by atoms with E-state index in [-0.39, 0.29) is 17.9 Å². The largest absolute Gasteiger partial charge is 0.381 e. The predicted octanol–water partition coefficient (Wildman–Crippen LogP) is 1.44. The molecule has 0 bridgehead atoms. The second-order valence-electron chi connectivity index (χ2n) is 5.66. The van der Waals surface area contributed by atoms with Crippen molar-refractivity contribution in [3.8, 4) is 0 Å². The standard InChI is InChI=1S/C14H26N2O2/c15-9-13(11-5-2-1-3-6-11)16-14(17)12-7-4-8-18-10-12/h11-13H,1-10,15H2,(H,16,17). The maximum Gasteiger partial charge on any atom is 0.225 e. The molecule has 1 heterocycles. The zero-order valence-electron chi connectivity index (χ0n) is 11.2. The van der Waals surface area contributed by atoms with Crippen molar-refractivity contribution in [3.05, 3.63) is 0 Å². The molecule has 104 valence electrons. The monoisotopic (exact) mass is 254 g/mol. The molecule has 18 heavy (non-hydrogen) atoms. The Hall–Kier alpha value is -0.610. The van der Waals surface area contributed by atoms with E-state index < -0.39 is 0 Å². The highest BCUT2D eigenvalue weighted by Gasteiger charge is 2.28. The van der Waals surface area contributed by atoms with E-state index in [1.54, 1.807) is 0 Å². The van der Waals surface area contributed by atoms with Crippen molar-refractivity contribution in [1.82, 2.24) is 5.32 Å². The SMILES string of the molecule is NCC(NC(=O)C1CCCOC1)C1CCCCC1. The maximum atomic E-state index is 12.2. The van der Waals surface area contributed by atoms with Gasteiger partial charge in [0, 0.05) is 19.2 Å². The van der Waals surface area contributed by atoms with E-state index in [1.807, 2.05) is 0 Å². The van der Waals surface area contributed by atoms with Crippen molar-refractivity contribution in [1.29, 1.82) is 0 Å². The molecule has 3 N–H and O–H groups in total. The Labute approximate surface area is 110 Å². The Balaban J connectivity index is 1.82. The van der Waals surface area contributed by atoms with E-state index in [4.69, 9.17) is 10.5 Å². The zero-order chi connectivity index (χ0) is 12.8. The third kappa shape index (κ3) is 3.69. The highest BCUT2D eigenvalue weighted by molar-refractivity contribution is 5.79. The number of rotatable bonds is 4. The Morgan fingerprint density at radius 2 is 2.00 bits per heavy atom. The summed E-state index contributed by atoms with van der Waals surface area (Å²) < 4.78 is 5.37. The van der Waals surface area contributed by atoms with Crippen LogP contribution in [0.15, 0.2) is 0 Å². The molecule has 2 fully saturated rings. The van der Waals surface area contributed by atoms with Gasteiger partial charge in [-0.3, -0.25) is 4.79 Å². The smallest absolute Gasteiger partial charge is 0.225 e. The molecule has 0 aromatic rings. The summed E-state index contributed by atoms with van der Waals surface area (Å²) in [5, 5.41) is 3.16. The molecular formula is C14H26N2O2. The molecule has 1 amide bonds. The molecule has 4 heteroatoms. The van der Waals surface area contributed by atoms with Crippen molar-refractivity contribution < 1.29 is 9.53 Å². The molecule has 0 aromatic carbocycles. The molecule has 2 atom stereocenters. The van der Waals surface area contributed by atoms with Crippen LogP contribution in [0.2, 0.25) is 0 Å². The predicted molar refractivity (Wildman–Crippen MR) is 71.1 cm³/mol. The van der Waals surface area contributed by atoms with Gasteiger partial charge in [-0.2, -0.15) is 0 Å². The lowest BCUT2D eigenvalue weighted by Gasteiger charge is -2.32. The summed E-state index contributed by atoms with van der Waals surface area (Å²) in [5.41, 5.74) is 5.84. The zero-order valence-corrected chi connectivity index (χ0v) is 11.2. The average molecular weight is 254 g/mol. The van der Waals surface area contributed by atoms with Crippen LogP contribution in [0.4, 0.5) is 0 Å². The Morgan fingerprint density at radius 1 is 1.22 bits per heavy atom. The first-order valence-electron chi connectivity index (χ1n) is 7.39. The maximum absolute atomic E-state index is 12.2. The first-order chi connectivity index (χ1) is 8.81. The van der Waals surface area contributed by atoms with Gasteiger partial charge in [0.05, 0.1) is 12.5 Å². The second kappa shape index (κ2) is 7.10. The molecule has 4 nitrogen and oxygen atoms in total. The van der Waals surface area contributed by atoms with Gasteiger partial charge in [-0.15, -0.1) is 0 Å². The number of carbonyl (C=O) groups is 1. The number of ether oxygens (including phenoxy) is 1. The molecule has 2 aliphatic rings. The first kappa shape index (κ1) is 13.8. The molecule has 1 aliphatic heterocycles. The fourth-order valence-corrected chi connectivity index (χ4v) is 3.15. The number of hydrogen-bond donors (Lipinski definition) is 2. The number of nitrogens with two attached hydrogens (primary N) is 1. The van der Waals surface area contributed by atoms with E-state index >= 15 is 0 Å². The molecule has 1 saturated heterocycles. The summed E-state index contributed by atoms with van der Waals surface area (Å²) in [6.07, 6.45) is 8.26. The second-order valence-corrected chi connectivity index (χ2v) is 5.66. The van der Waals surface area contributed by atoms with E-state index in [0.717, 1.165) is 19.4 Å². The molecular weight excluding hydrogens is 228 g/mol. The highest BCUT2D eigenvalue weighted by Crippen LogP contribution is 2.26. The summed E-state index contributed by atoms with van der Waals surface area (Å²) in [5.74, 6) is 0.768.